The molecule has 0 aliphatic carbocycles. The van der Waals surface area contributed by atoms with E-state index in [1.807, 2.05) is 6.08 Å². The first-order valence-corrected chi connectivity index (χ1v) is 5.59. The summed E-state index contributed by atoms with van der Waals surface area (Å²) in [6.45, 7) is 8.92. The Balaban J connectivity index is 2.53. The van der Waals surface area contributed by atoms with E-state index in [0.717, 1.165) is 12.2 Å². The van der Waals surface area contributed by atoms with Gasteiger partial charge in [-0.1, -0.05) is 19.9 Å². The molecule has 1 aliphatic rings. The van der Waals surface area contributed by atoms with Gasteiger partial charge in [-0.05, 0) is 24.2 Å². The average molecular weight is 202 g/mol. The maximum atomic E-state index is 5.11. The Labute approximate surface area is 84.8 Å². The van der Waals surface area contributed by atoms with Crippen molar-refractivity contribution in [1.29, 1.82) is 0 Å². The van der Waals surface area contributed by atoms with Crippen LogP contribution in [0.4, 0.5) is 0 Å². The van der Waals surface area contributed by atoms with Crippen LogP contribution in [-0.4, -0.2) is 12.4 Å². The van der Waals surface area contributed by atoms with Gasteiger partial charge in [0.05, 0.1) is 6.61 Å². The number of hydrogen-bond donors (Lipinski definition) is 0. The highest BCUT2D eigenvalue weighted by atomic mass is 32.2. The lowest BCUT2D eigenvalue weighted by Gasteiger charge is -2.31. The van der Waals surface area contributed by atoms with Crippen LogP contribution in [0.3, 0.4) is 0 Å². The van der Waals surface area contributed by atoms with Gasteiger partial charge in [-0.3, -0.25) is 0 Å². The van der Waals surface area contributed by atoms with Gasteiger partial charge in [0.25, 0.3) is 0 Å². The van der Waals surface area contributed by atoms with E-state index in [2.05, 4.69) is 20.4 Å². The standard InChI is InChI=1S/C10H18O2S/c1-4-5-10(3)6-9(2)7-13-12-11-8-10/h4,9H,1,5-8H2,2-3H3. The highest BCUT2D eigenvalue weighted by Crippen LogP contribution is 2.34. The van der Waals surface area contributed by atoms with Crippen molar-refractivity contribution in [3.05, 3.63) is 12.7 Å². The van der Waals surface area contributed by atoms with Gasteiger partial charge in [0.2, 0.25) is 0 Å². The molecule has 13 heavy (non-hydrogen) atoms. The smallest absolute Gasteiger partial charge is 0.0891 e. The monoisotopic (exact) mass is 202 g/mol. The molecule has 76 valence electrons. The van der Waals surface area contributed by atoms with E-state index in [9.17, 15) is 0 Å². The fraction of sp³-hybridized carbons (Fsp3) is 0.800. The van der Waals surface area contributed by atoms with Crippen molar-refractivity contribution >= 4 is 12.0 Å². The van der Waals surface area contributed by atoms with Gasteiger partial charge < -0.3 is 0 Å². The van der Waals surface area contributed by atoms with E-state index in [1.54, 1.807) is 0 Å². The minimum atomic E-state index is 0.197. The molecule has 2 unspecified atom stereocenters. The van der Waals surface area contributed by atoms with Gasteiger partial charge in [0.1, 0.15) is 0 Å². The van der Waals surface area contributed by atoms with Crippen molar-refractivity contribution in [2.45, 2.75) is 26.7 Å². The zero-order chi connectivity index (χ0) is 9.73. The molecule has 2 nitrogen and oxygen atoms in total. The quantitative estimate of drug-likeness (QED) is 0.389. The molecule has 1 aliphatic heterocycles. The van der Waals surface area contributed by atoms with Gasteiger partial charge >= 0.3 is 0 Å². The first-order valence-electron chi connectivity index (χ1n) is 4.68. The Bertz CT molecular complexity index is 172. The van der Waals surface area contributed by atoms with Crippen molar-refractivity contribution in [2.24, 2.45) is 11.3 Å². The predicted octanol–water partition coefficient (Wildman–Crippen LogP) is 3.21. The summed E-state index contributed by atoms with van der Waals surface area (Å²) in [5.74, 6) is 1.69. The fourth-order valence-corrected chi connectivity index (χ4v) is 2.32. The third kappa shape index (κ3) is 3.71. The summed E-state index contributed by atoms with van der Waals surface area (Å²) in [5, 5.41) is 0. The lowest BCUT2D eigenvalue weighted by atomic mass is 9.80. The Morgan fingerprint density at radius 3 is 3.15 bits per heavy atom. The summed E-state index contributed by atoms with van der Waals surface area (Å²) in [6, 6.07) is 0. The summed E-state index contributed by atoms with van der Waals surface area (Å²) in [6.07, 6.45) is 4.13. The van der Waals surface area contributed by atoms with E-state index >= 15 is 0 Å². The molecule has 0 aromatic heterocycles. The second kappa shape index (κ2) is 5.03. The van der Waals surface area contributed by atoms with E-state index in [4.69, 9.17) is 9.22 Å². The van der Waals surface area contributed by atoms with E-state index in [0.29, 0.717) is 12.5 Å². The van der Waals surface area contributed by atoms with Crippen LogP contribution in [0.25, 0.3) is 0 Å². The third-order valence-corrected chi connectivity index (χ3v) is 3.23. The van der Waals surface area contributed by atoms with Crippen LogP contribution in [0.1, 0.15) is 26.7 Å². The van der Waals surface area contributed by atoms with E-state index in [1.165, 1.54) is 18.5 Å². The van der Waals surface area contributed by atoms with Gasteiger partial charge in [-0.25, -0.2) is 4.89 Å². The van der Waals surface area contributed by atoms with Crippen LogP contribution < -0.4 is 0 Å². The molecule has 0 N–H and O–H groups in total. The molecule has 0 saturated carbocycles. The molecular formula is C10H18O2S. The zero-order valence-corrected chi connectivity index (χ0v) is 9.23. The number of rotatable bonds is 2. The van der Waals surface area contributed by atoms with Crippen molar-refractivity contribution < 1.29 is 9.22 Å². The maximum Gasteiger partial charge on any atom is 0.0891 e. The van der Waals surface area contributed by atoms with Crippen molar-refractivity contribution in [1.82, 2.24) is 0 Å². The SMILES string of the molecule is C=CCC1(C)COOSCC(C)C1. The van der Waals surface area contributed by atoms with E-state index < -0.39 is 0 Å². The van der Waals surface area contributed by atoms with Crippen molar-refractivity contribution in [2.75, 3.05) is 12.4 Å². The summed E-state index contributed by atoms with van der Waals surface area (Å²) in [4.78, 5) is 5.11. The molecule has 3 heteroatoms. The third-order valence-electron chi connectivity index (χ3n) is 2.33. The van der Waals surface area contributed by atoms with Gasteiger partial charge in [-0.2, -0.15) is 4.33 Å². The second-order valence-corrected chi connectivity index (χ2v) is 4.93. The van der Waals surface area contributed by atoms with Gasteiger partial charge in [0, 0.05) is 17.8 Å². The predicted molar refractivity (Wildman–Crippen MR) is 56.2 cm³/mol. The molecule has 0 spiro atoms. The molecule has 0 bridgehead atoms. The summed E-state index contributed by atoms with van der Waals surface area (Å²) < 4.78 is 4.97. The second-order valence-electron chi connectivity index (χ2n) is 4.23. The van der Waals surface area contributed by atoms with Gasteiger partial charge in [0.15, 0.2) is 0 Å². The molecule has 1 rings (SSSR count). The average Bonchev–Trinajstić information content (AvgIpc) is 2.01. The Hall–Kier alpha value is 0.0100. The Morgan fingerprint density at radius 1 is 1.69 bits per heavy atom. The Kier molecular flexibility index (Phi) is 4.29. The minimum Gasteiger partial charge on any atom is -0.224 e. The summed E-state index contributed by atoms with van der Waals surface area (Å²) in [7, 11) is 0. The largest absolute Gasteiger partial charge is 0.224 e. The molecule has 0 radical (unpaired) electrons. The summed E-state index contributed by atoms with van der Waals surface area (Å²) >= 11 is 1.41. The summed E-state index contributed by atoms with van der Waals surface area (Å²) in [5.41, 5.74) is 0.197. The maximum absolute atomic E-state index is 5.11. The van der Waals surface area contributed by atoms with Crippen molar-refractivity contribution in [3.8, 4) is 0 Å². The molecular weight excluding hydrogens is 184 g/mol. The fourth-order valence-electron chi connectivity index (χ4n) is 1.79. The zero-order valence-electron chi connectivity index (χ0n) is 8.41. The first-order chi connectivity index (χ1) is 6.16. The topological polar surface area (TPSA) is 18.5 Å². The molecule has 2 atom stereocenters. The molecule has 1 saturated heterocycles. The molecule has 0 aromatic carbocycles. The molecule has 0 amide bonds. The highest BCUT2D eigenvalue weighted by Gasteiger charge is 2.28. The van der Waals surface area contributed by atoms with E-state index in [-0.39, 0.29) is 5.41 Å². The highest BCUT2D eigenvalue weighted by molar-refractivity contribution is 7.94. The number of allylic oxidation sites excluding steroid dienone is 1. The molecule has 1 heterocycles. The van der Waals surface area contributed by atoms with Crippen LogP contribution in [0.15, 0.2) is 12.7 Å². The lowest BCUT2D eigenvalue weighted by molar-refractivity contribution is -0.217. The molecule has 0 aromatic rings. The first kappa shape index (κ1) is 11.1. The minimum absolute atomic E-state index is 0.197. The molecule has 1 fully saturated rings. The number of hydrogen-bond acceptors (Lipinski definition) is 3. The van der Waals surface area contributed by atoms with Crippen LogP contribution in [0.2, 0.25) is 0 Å². The lowest BCUT2D eigenvalue weighted by Crippen LogP contribution is -2.27. The van der Waals surface area contributed by atoms with Crippen LogP contribution >= 0.6 is 12.0 Å². The van der Waals surface area contributed by atoms with Crippen molar-refractivity contribution in [3.63, 3.8) is 0 Å². The Morgan fingerprint density at radius 2 is 2.46 bits per heavy atom. The van der Waals surface area contributed by atoms with Crippen LogP contribution in [0.5, 0.6) is 0 Å². The van der Waals surface area contributed by atoms with Crippen LogP contribution in [-0.2, 0) is 9.22 Å². The van der Waals surface area contributed by atoms with Gasteiger partial charge in [-0.15, -0.1) is 6.58 Å². The normalized spacial score (nSPS) is 36.3. The van der Waals surface area contributed by atoms with Crippen LogP contribution in [0, 0.1) is 11.3 Å².